The molecule has 3 heterocycles. The van der Waals surface area contributed by atoms with E-state index in [0.29, 0.717) is 18.0 Å². The van der Waals surface area contributed by atoms with Gasteiger partial charge in [0.05, 0.1) is 18.5 Å². The molecule has 0 radical (unpaired) electrons. The van der Waals surface area contributed by atoms with Crippen molar-refractivity contribution < 1.29 is 10.2 Å². The highest BCUT2D eigenvalue weighted by Crippen LogP contribution is 2.27. The Kier molecular flexibility index (Phi) is 4.91. The Morgan fingerprint density at radius 3 is 2.59 bits per heavy atom. The standard InChI is InChI=1S/C21H24N6O2/c1-13-5-4-6-14(2)18(13)26-19-17-10-22-12-27(17)20-16(25-19)8-7-15(24-20)9-23-21(3,29)11-28/h4-8,10,12,23,28-29H,9,11H2,1-3H3,(H,25,26). The van der Waals surface area contributed by atoms with E-state index in [2.05, 4.69) is 46.6 Å². The topological polar surface area (TPSA) is 108 Å². The Bertz CT molecular complexity index is 1160. The minimum absolute atomic E-state index is 0.308. The van der Waals surface area contributed by atoms with Crippen LogP contribution >= 0.6 is 0 Å². The second-order valence-corrected chi connectivity index (χ2v) is 7.43. The summed E-state index contributed by atoms with van der Waals surface area (Å²) in [6, 6.07) is 9.90. The number of aromatic nitrogens is 4. The van der Waals surface area contributed by atoms with Crippen LogP contribution in [0.2, 0.25) is 0 Å². The van der Waals surface area contributed by atoms with Gasteiger partial charge in [-0.3, -0.25) is 9.72 Å². The van der Waals surface area contributed by atoms with E-state index in [1.165, 1.54) is 6.92 Å². The van der Waals surface area contributed by atoms with Gasteiger partial charge in [0, 0.05) is 12.2 Å². The van der Waals surface area contributed by atoms with E-state index in [1.807, 2.05) is 22.6 Å². The third-order valence-electron chi connectivity index (χ3n) is 4.94. The molecule has 0 amide bonds. The molecule has 4 aromatic rings. The van der Waals surface area contributed by atoms with Crippen LogP contribution in [0, 0.1) is 13.8 Å². The number of nitrogens with one attached hydrogen (secondary N) is 2. The van der Waals surface area contributed by atoms with Gasteiger partial charge in [-0.15, -0.1) is 0 Å². The maximum absolute atomic E-state index is 9.93. The quantitative estimate of drug-likeness (QED) is 0.373. The highest BCUT2D eigenvalue weighted by Gasteiger charge is 2.18. The summed E-state index contributed by atoms with van der Waals surface area (Å²) < 4.78 is 1.89. The van der Waals surface area contributed by atoms with Crippen molar-refractivity contribution in [2.45, 2.75) is 33.0 Å². The monoisotopic (exact) mass is 392 g/mol. The third kappa shape index (κ3) is 3.77. The molecule has 8 heteroatoms. The van der Waals surface area contributed by atoms with Gasteiger partial charge in [-0.2, -0.15) is 0 Å². The first-order valence-corrected chi connectivity index (χ1v) is 9.41. The van der Waals surface area contributed by atoms with E-state index in [1.54, 1.807) is 12.5 Å². The van der Waals surface area contributed by atoms with Crippen LogP contribution in [0.1, 0.15) is 23.7 Å². The van der Waals surface area contributed by atoms with E-state index in [-0.39, 0.29) is 6.61 Å². The molecule has 0 spiro atoms. The van der Waals surface area contributed by atoms with Gasteiger partial charge in [-0.1, -0.05) is 18.2 Å². The van der Waals surface area contributed by atoms with Gasteiger partial charge < -0.3 is 15.5 Å². The van der Waals surface area contributed by atoms with Crippen molar-refractivity contribution in [1.29, 1.82) is 0 Å². The molecule has 150 valence electrons. The summed E-state index contributed by atoms with van der Waals surface area (Å²) in [4.78, 5) is 13.7. The summed E-state index contributed by atoms with van der Waals surface area (Å²) in [6.45, 7) is 5.55. The zero-order chi connectivity index (χ0) is 20.6. The number of rotatable bonds is 6. The predicted molar refractivity (Wildman–Crippen MR) is 112 cm³/mol. The average Bonchev–Trinajstić information content (AvgIpc) is 3.20. The van der Waals surface area contributed by atoms with Gasteiger partial charge in [0.15, 0.2) is 11.5 Å². The van der Waals surface area contributed by atoms with Crippen molar-refractivity contribution in [3.8, 4) is 0 Å². The maximum Gasteiger partial charge on any atom is 0.164 e. The number of anilines is 2. The molecule has 1 aromatic carbocycles. The van der Waals surface area contributed by atoms with Crippen LogP contribution in [-0.2, 0) is 6.54 Å². The molecule has 0 bridgehead atoms. The molecule has 4 rings (SSSR count). The molecule has 1 unspecified atom stereocenters. The first-order valence-electron chi connectivity index (χ1n) is 9.41. The fraction of sp³-hybridized carbons (Fsp3) is 0.286. The molecule has 0 fully saturated rings. The number of fused-ring (bicyclic) bond motifs is 3. The Morgan fingerprint density at radius 1 is 1.10 bits per heavy atom. The van der Waals surface area contributed by atoms with E-state index < -0.39 is 5.72 Å². The van der Waals surface area contributed by atoms with Gasteiger partial charge in [-0.05, 0) is 44.0 Å². The van der Waals surface area contributed by atoms with Crippen molar-refractivity contribution in [1.82, 2.24) is 24.7 Å². The zero-order valence-corrected chi connectivity index (χ0v) is 16.6. The van der Waals surface area contributed by atoms with Crippen LogP contribution in [-0.4, -0.2) is 41.9 Å². The van der Waals surface area contributed by atoms with Gasteiger partial charge >= 0.3 is 0 Å². The Balaban J connectivity index is 1.75. The Hall–Kier alpha value is -3.07. The summed E-state index contributed by atoms with van der Waals surface area (Å²) in [5.41, 5.74) is 4.88. The largest absolute Gasteiger partial charge is 0.392 e. The number of nitrogens with zero attached hydrogens (tertiary/aromatic N) is 4. The molecule has 3 aromatic heterocycles. The lowest BCUT2D eigenvalue weighted by Gasteiger charge is -2.21. The summed E-state index contributed by atoms with van der Waals surface area (Å²) in [5.74, 6) is 0.711. The van der Waals surface area contributed by atoms with Gasteiger partial charge in [0.25, 0.3) is 0 Å². The lowest BCUT2D eigenvalue weighted by Crippen LogP contribution is -2.45. The Labute approximate surface area is 168 Å². The van der Waals surface area contributed by atoms with Crippen LogP contribution in [0.4, 0.5) is 11.5 Å². The lowest BCUT2D eigenvalue weighted by molar-refractivity contribution is -0.0287. The van der Waals surface area contributed by atoms with Crippen molar-refractivity contribution >= 4 is 28.2 Å². The molecule has 8 nitrogen and oxygen atoms in total. The summed E-state index contributed by atoms with van der Waals surface area (Å²) in [7, 11) is 0. The van der Waals surface area contributed by atoms with Gasteiger partial charge in [-0.25, -0.2) is 15.0 Å². The second-order valence-electron chi connectivity index (χ2n) is 7.43. The molecule has 0 aliphatic heterocycles. The van der Waals surface area contributed by atoms with Crippen molar-refractivity contribution in [3.63, 3.8) is 0 Å². The molecule has 0 aliphatic carbocycles. The van der Waals surface area contributed by atoms with Crippen molar-refractivity contribution in [2.24, 2.45) is 0 Å². The third-order valence-corrected chi connectivity index (χ3v) is 4.94. The number of hydrogen-bond acceptors (Lipinski definition) is 7. The minimum Gasteiger partial charge on any atom is -0.392 e. The molecule has 0 aliphatic rings. The Morgan fingerprint density at radius 2 is 1.86 bits per heavy atom. The predicted octanol–water partition coefficient (Wildman–Crippen LogP) is 2.43. The average molecular weight is 392 g/mol. The van der Waals surface area contributed by atoms with Crippen LogP contribution in [0.15, 0.2) is 42.9 Å². The van der Waals surface area contributed by atoms with Crippen LogP contribution in [0.5, 0.6) is 0 Å². The van der Waals surface area contributed by atoms with Crippen molar-refractivity contribution in [2.75, 3.05) is 11.9 Å². The van der Waals surface area contributed by atoms with Gasteiger partial charge in [0.2, 0.25) is 0 Å². The fourth-order valence-corrected chi connectivity index (χ4v) is 3.22. The van der Waals surface area contributed by atoms with E-state index in [9.17, 15) is 10.2 Å². The number of benzene rings is 1. The molecular weight excluding hydrogens is 368 g/mol. The van der Waals surface area contributed by atoms with Gasteiger partial charge in [0.1, 0.15) is 23.1 Å². The molecule has 29 heavy (non-hydrogen) atoms. The smallest absolute Gasteiger partial charge is 0.164 e. The number of aryl methyl sites for hydroxylation is 2. The molecule has 0 saturated heterocycles. The number of para-hydroxylation sites is 1. The van der Waals surface area contributed by atoms with Crippen molar-refractivity contribution in [3.05, 3.63) is 59.7 Å². The minimum atomic E-state index is -1.36. The SMILES string of the molecule is Cc1cccc(C)c1Nc1nc2ccc(CNC(C)(O)CO)nc2n2cncc12. The maximum atomic E-state index is 9.93. The number of imidazole rings is 1. The fourth-order valence-electron chi connectivity index (χ4n) is 3.22. The first-order chi connectivity index (χ1) is 13.9. The number of aliphatic hydroxyl groups excluding tert-OH is 1. The van der Waals surface area contributed by atoms with E-state index in [0.717, 1.165) is 33.5 Å². The second kappa shape index (κ2) is 7.40. The lowest BCUT2D eigenvalue weighted by atomic mass is 10.1. The molecule has 4 N–H and O–H groups in total. The zero-order valence-electron chi connectivity index (χ0n) is 16.6. The highest BCUT2D eigenvalue weighted by molar-refractivity contribution is 5.84. The number of aliphatic hydroxyl groups is 2. The van der Waals surface area contributed by atoms with Crippen LogP contribution in [0.25, 0.3) is 16.7 Å². The van der Waals surface area contributed by atoms with E-state index in [4.69, 9.17) is 4.98 Å². The molecule has 0 saturated carbocycles. The molecular formula is C21H24N6O2. The first kappa shape index (κ1) is 19.3. The highest BCUT2D eigenvalue weighted by atomic mass is 16.3. The normalized spacial score (nSPS) is 13.7. The van der Waals surface area contributed by atoms with Crippen LogP contribution < -0.4 is 10.6 Å². The number of pyridine rings is 1. The summed E-state index contributed by atoms with van der Waals surface area (Å²) >= 11 is 0. The van der Waals surface area contributed by atoms with E-state index >= 15 is 0 Å². The summed E-state index contributed by atoms with van der Waals surface area (Å²) in [5, 5.41) is 25.4. The molecule has 1 atom stereocenters. The van der Waals surface area contributed by atoms with Crippen LogP contribution in [0.3, 0.4) is 0 Å². The number of hydrogen-bond donors (Lipinski definition) is 4. The summed E-state index contributed by atoms with van der Waals surface area (Å²) in [6.07, 6.45) is 3.47.